The molecular weight excluding hydrogens is 298 g/mol. The van der Waals surface area contributed by atoms with E-state index in [1.807, 2.05) is 13.8 Å². The van der Waals surface area contributed by atoms with E-state index in [-0.39, 0.29) is 0 Å². The first-order valence-electron chi connectivity index (χ1n) is 8.90. The predicted molar refractivity (Wildman–Crippen MR) is 97.2 cm³/mol. The van der Waals surface area contributed by atoms with Gasteiger partial charge in [0.25, 0.3) is 0 Å². The lowest BCUT2D eigenvalue weighted by Crippen LogP contribution is -2.24. The van der Waals surface area contributed by atoms with Crippen molar-refractivity contribution in [2.24, 2.45) is 0 Å². The van der Waals surface area contributed by atoms with E-state index < -0.39 is 0 Å². The van der Waals surface area contributed by atoms with Gasteiger partial charge in [0.2, 0.25) is 0 Å². The number of piperidine rings is 1. The molecule has 1 saturated heterocycles. The molecule has 1 aromatic carbocycles. The highest BCUT2D eigenvalue weighted by Crippen LogP contribution is 2.35. The maximum absolute atomic E-state index is 11.3. The maximum Gasteiger partial charge on any atom is 0.168 e. The third-order valence-corrected chi connectivity index (χ3v) is 4.68. The fourth-order valence-corrected chi connectivity index (χ4v) is 3.58. The number of imidazole rings is 1. The van der Waals surface area contributed by atoms with E-state index in [2.05, 4.69) is 39.1 Å². The highest BCUT2D eigenvalue weighted by molar-refractivity contribution is 5.83. The Kier molecular flexibility index (Phi) is 5.26. The van der Waals surface area contributed by atoms with E-state index >= 15 is 0 Å². The van der Waals surface area contributed by atoms with Crippen LogP contribution in [-0.4, -0.2) is 28.9 Å². The highest BCUT2D eigenvalue weighted by atomic mass is 16.1. The monoisotopic (exact) mass is 323 g/mol. The molecule has 1 fully saturated rings. The van der Waals surface area contributed by atoms with Gasteiger partial charge in [-0.25, -0.2) is 4.98 Å². The van der Waals surface area contributed by atoms with E-state index in [9.17, 15) is 4.79 Å². The zero-order valence-electron chi connectivity index (χ0n) is 14.5. The van der Waals surface area contributed by atoms with E-state index in [0.29, 0.717) is 5.69 Å². The molecule has 0 aliphatic carbocycles. The van der Waals surface area contributed by atoms with Crippen LogP contribution in [-0.2, 0) is 13.0 Å². The van der Waals surface area contributed by atoms with Gasteiger partial charge in [0, 0.05) is 12.1 Å². The number of aromatic nitrogens is 2. The number of nitrogens with one attached hydrogen (secondary N) is 1. The molecule has 3 heterocycles. The molecule has 24 heavy (non-hydrogen) atoms. The lowest BCUT2D eigenvalue weighted by atomic mass is 9.90. The standard InChI is InChI=1S/C18H19N3O.C2H6/c22-12-15-11-20-18-17(14-5-8-19-9-6-14)16-4-2-1-3-13(16)7-10-21(15)18;1-2/h1-4,11-12,19H,5-10H2;1-2H3. The Balaban J connectivity index is 0.000000815. The van der Waals surface area contributed by atoms with Crippen LogP contribution in [0, 0.1) is 0 Å². The Morgan fingerprint density at radius 2 is 1.88 bits per heavy atom. The Bertz CT molecular complexity index is 750. The topological polar surface area (TPSA) is 46.9 Å². The van der Waals surface area contributed by atoms with Crippen LogP contribution in [0.15, 0.2) is 36.0 Å². The van der Waals surface area contributed by atoms with Gasteiger partial charge in [-0.1, -0.05) is 43.7 Å². The summed E-state index contributed by atoms with van der Waals surface area (Å²) in [6.07, 6.45) is 5.66. The molecule has 4 rings (SSSR count). The zero-order valence-corrected chi connectivity index (χ0v) is 14.5. The van der Waals surface area contributed by atoms with Gasteiger partial charge in [-0.2, -0.15) is 0 Å². The summed E-state index contributed by atoms with van der Waals surface area (Å²) in [5.41, 5.74) is 6.03. The second kappa shape index (κ2) is 7.58. The van der Waals surface area contributed by atoms with Crippen LogP contribution in [0.2, 0.25) is 0 Å². The first kappa shape index (κ1) is 16.7. The first-order valence-corrected chi connectivity index (χ1v) is 8.90. The average molecular weight is 323 g/mol. The largest absolute Gasteiger partial charge is 0.321 e. The summed E-state index contributed by atoms with van der Waals surface area (Å²) in [5, 5.41) is 3.42. The van der Waals surface area contributed by atoms with E-state index in [1.165, 1.54) is 22.3 Å². The Hall–Kier alpha value is -2.20. The van der Waals surface area contributed by atoms with Crippen LogP contribution < -0.4 is 5.32 Å². The van der Waals surface area contributed by atoms with E-state index in [1.54, 1.807) is 6.20 Å². The van der Waals surface area contributed by atoms with Crippen molar-refractivity contribution in [3.05, 3.63) is 58.7 Å². The number of aryl methyl sites for hydroxylation is 1. The molecule has 0 amide bonds. The van der Waals surface area contributed by atoms with Crippen molar-refractivity contribution >= 4 is 11.9 Å². The lowest BCUT2D eigenvalue weighted by molar-refractivity contribution is 0.111. The summed E-state index contributed by atoms with van der Waals surface area (Å²) in [6, 6.07) is 8.59. The molecule has 4 heteroatoms. The summed E-state index contributed by atoms with van der Waals surface area (Å²) < 4.78 is 2.08. The summed E-state index contributed by atoms with van der Waals surface area (Å²) >= 11 is 0. The number of benzene rings is 1. The average Bonchev–Trinajstić information content (AvgIpc) is 2.98. The number of carbonyl (C=O) groups excluding carboxylic acids is 1. The molecular formula is C20H25N3O. The van der Waals surface area contributed by atoms with E-state index in [0.717, 1.165) is 51.0 Å². The number of rotatable bonds is 1. The number of nitrogens with zero attached hydrogens (tertiary/aromatic N) is 2. The maximum atomic E-state index is 11.3. The number of hydrogen-bond acceptors (Lipinski definition) is 3. The number of hydrogen-bond donors (Lipinski definition) is 1. The summed E-state index contributed by atoms with van der Waals surface area (Å²) in [5.74, 6) is 0.962. The van der Waals surface area contributed by atoms with Crippen molar-refractivity contribution in [2.75, 3.05) is 13.1 Å². The van der Waals surface area contributed by atoms with Crippen LogP contribution >= 0.6 is 0 Å². The fourth-order valence-electron chi connectivity index (χ4n) is 3.58. The second-order valence-electron chi connectivity index (χ2n) is 5.91. The molecule has 0 radical (unpaired) electrons. The zero-order chi connectivity index (χ0) is 16.9. The van der Waals surface area contributed by atoms with Gasteiger partial charge in [0.05, 0.1) is 6.20 Å². The Labute approximate surface area is 143 Å². The van der Waals surface area contributed by atoms with Gasteiger partial charge >= 0.3 is 0 Å². The molecule has 126 valence electrons. The molecule has 0 bridgehead atoms. The third kappa shape index (κ3) is 2.94. The molecule has 1 N–H and O–H groups in total. The predicted octanol–water partition coefficient (Wildman–Crippen LogP) is 3.46. The van der Waals surface area contributed by atoms with Crippen LogP contribution in [0.4, 0.5) is 0 Å². The van der Waals surface area contributed by atoms with Gasteiger partial charge in [-0.3, -0.25) is 4.79 Å². The van der Waals surface area contributed by atoms with Gasteiger partial charge in [0.15, 0.2) is 6.29 Å². The molecule has 2 aliphatic heterocycles. The van der Waals surface area contributed by atoms with Crippen LogP contribution in [0.1, 0.15) is 54.1 Å². The highest BCUT2D eigenvalue weighted by Gasteiger charge is 2.24. The minimum absolute atomic E-state index is 0.676. The van der Waals surface area contributed by atoms with Gasteiger partial charge in [-0.15, -0.1) is 0 Å². The molecule has 2 aromatic rings. The SMILES string of the molecule is CC.O=Cc1cnc2n1CCc1ccccc1C2=C1CCNCC1. The third-order valence-electron chi connectivity index (χ3n) is 4.68. The molecule has 1 aromatic heterocycles. The summed E-state index contributed by atoms with van der Waals surface area (Å²) in [4.78, 5) is 15.9. The van der Waals surface area contributed by atoms with Gasteiger partial charge in [-0.05, 0) is 43.5 Å². The Morgan fingerprint density at radius 3 is 2.62 bits per heavy atom. The number of carbonyl (C=O) groups is 1. The normalized spacial score (nSPS) is 16.4. The second-order valence-corrected chi connectivity index (χ2v) is 5.91. The van der Waals surface area contributed by atoms with Gasteiger partial charge in [0.1, 0.15) is 11.5 Å². The van der Waals surface area contributed by atoms with Crippen molar-refractivity contribution in [3.63, 3.8) is 0 Å². The molecule has 0 saturated carbocycles. The molecule has 0 unspecified atom stereocenters. The fraction of sp³-hybridized carbons (Fsp3) is 0.400. The minimum Gasteiger partial charge on any atom is -0.321 e. The molecule has 0 spiro atoms. The van der Waals surface area contributed by atoms with Crippen LogP contribution in [0.25, 0.3) is 5.57 Å². The smallest absolute Gasteiger partial charge is 0.168 e. The van der Waals surface area contributed by atoms with Crippen molar-refractivity contribution in [1.82, 2.24) is 14.9 Å². The van der Waals surface area contributed by atoms with Gasteiger partial charge < -0.3 is 9.88 Å². The molecule has 2 aliphatic rings. The quantitative estimate of drug-likeness (QED) is 0.818. The Morgan fingerprint density at radius 1 is 1.12 bits per heavy atom. The summed E-state index contributed by atoms with van der Waals surface area (Å²) in [6.45, 7) is 6.85. The van der Waals surface area contributed by atoms with Crippen molar-refractivity contribution in [1.29, 1.82) is 0 Å². The molecule has 4 nitrogen and oxygen atoms in total. The number of aldehydes is 1. The van der Waals surface area contributed by atoms with Crippen molar-refractivity contribution in [3.8, 4) is 0 Å². The first-order chi connectivity index (χ1) is 11.9. The minimum atomic E-state index is 0.676. The summed E-state index contributed by atoms with van der Waals surface area (Å²) in [7, 11) is 0. The lowest BCUT2D eigenvalue weighted by Gasteiger charge is -2.20. The van der Waals surface area contributed by atoms with Crippen molar-refractivity contribution in [2.45, 2.75) is 39.7 Å². The van der Waals surface area contributed by atoms with Crippen LogP contribution in [0.3, 0.4) is 0 Å². The van der Waals surface area contributed by atoms with E-state index in [4.69, 9.17) is 0 Å². The van der Waals surface area contributed by atoms with Crippen LogP contribution in [0.5, 0.6) is 0 Å². The molecule has 0 atom stereocenters. The number of fused-ring (bicyclic) bond motifs is 2. The van der Waals surface area contributed by atoms with Crippen molar-refractivity contribution < 1.29 is 4.79 Å².